The molecule has 2 aromatic heterocycles. The average molecular weight is 393 g/mol. The summed E-state index contributed by atoms with van der Waals surface area (Å²) >= 11 is 5.93. The van der Waals surface area contributed by atoms with Gasteiger partial charge in [-0.2, -0.15) is 10.1 Å². The second-order valence-electron chi connectivity index (χ2n) is 6.84. The lowest BCUT2D eigenvalue weighted by Gasteiger charge is -2.24. The lowest BCUT2D eigenvalue weighted by Crippen LogP contribution is -2.21. The number of aromatic nitrogens is 4. The number of rotatable bonds is 3. The van der Waals surface area contributed by atoms with Crippen molar-refractivity contribution in [2.45, 2.75) is 26.2 Å². The van der Waals surface area contributed by atoms with E-state index in [0.717, 1.165) is 16.8 Å². The molecule has 1 atom stereocenters. The Kier molecular flexibility index (Phi) is 4.22. The van der Waals surface area contributed by atoms with Crippen LogP contribution in [0.3, 0.4) is 0 Å². The molecule has 0 unspecified atom stereocenters. The van der Waals surface area contributed by atoms with E-state index in [4.69, 9.17) is 20.9 Å². The summed E-state index contributed by atoms with van der Waals surface area (Å²) in [6, 6.07) is 17.6. The van der Waals surface area contributed by atoms with Crippen molar-refractivity contribution in [2.75, 3.05) is 0 Å². The van der Waals surface area contributed by atoms with Crippen molar-refractivity contribution in [1.29, 1.82) is 0 Å². The van der Waals surface area contributed by atoms with Gasteiger partial charge in [-0.25, -0.2) is 0 Å². The number of hydrogen-bond acceptors (Lipinski definition) is 5. The highest BCUT2D eigenvalue weighted by molar-refractivity contribution is 6.30. The molecule has 0 fully saturated rings. The zero-order valence-electron chi connectivity index (χ0n) is 15.2. The van der Waals surface area contributed by atoms with Gasteiger partial charge in [0.2, 0.25) is 5.82 Å². The van der Waals surface area contributed by atoms with Crippen molar-refractivity contribution in [1.82, 2.24) is 19.9 Å². The van der Waals surface area contributed by atoms with E-state index in [1.807, 2.05) is 22.9 Å². The minimum absolute atomic E-state index is 0.0202. The van der Waals surface area contributed by atoms with E-state index in [-0.39, 0.29) is 6.10 Å². The molecule has 0 amide bonds. The Labute approximate surface area is 166 Å². The van der Waals surface area contributed by atoms with Gasteiger partial charge < -0.3 is 9.26 Å². The van der Waals surface area contributed by atoms with E-state index in [2.05, 4.69) is 46.4 Å². The molecule has 1 aliphatic rings. The second-order valence-corrected chi connectivity index (χ2v) is 7.28. The molecule has 5 rings (SSSR count). The molecule has 0 N–H and O–H groups in total. The second kappa shape index (κ2) is 6.89. The van der Waals surface area contributed by atoms with Crippen molar-refractivity contribution in [3.63, 3.8) is 0 Å². The minimum Gasteiger partial charge on any atom is -0.365 e. The van der Waals surface area contributed by atoms with Crippen LogP contribution in [-0.2, 0) is 17.9 Å². The molecule has 3 heterocycles. The summed E-state index contributed by atoms with van der Waals surface area (Å²) in [5, 5.41) is 9.38. The van der Waals surface area contributed by atoms with Crippen LogP contribution in [0.15, 0.2) is 59.1 Å². The first kappa shape index (κ1) is 17.2. The molecule has 0 saturated carbocycles. The molecule has 7 heteroatoms. The van der Waals surface area contributed by atoms with Crippen LogP contribution in [0.1, 0.15) is 22.9 Å². The number of aryl methyl sites for hydroxylation is 1. The summed E-state index contributed by atoms with van der Waals surface area (Å²) in [5.74, 6) is 0.894. The van der Waals surface area contributed by atoms with E-state index < -0.39 is 0 Å². The van der Waals surface area contributed by atoms with Crippen LogP contribution in [0.5, 0.6) is 0 Å². The lowest BCUT2D eigenvalue weighted by atomic mass is 10.1. The average Bonchev–Trinajstić information content (AvgIpc) is 3.35. The molecule has 0 aliphatic carbocycles. The third kappa shape index (κ3) is 3.21. The number of nitrogens with zero attached hydrogens (tertiary/aromatic N) is 4. The van der Waals surface area contributed by atoms with Crippen LogP contribution in [0, 0.1) is 6.92 Å². The molecule has 0 radical (unpaired) electrons. The summed E-state index contributed by atoms with van der Waals surface area (Å²) in [5.41, 5.74) is 4.86. The fourth-order valence-corrected chi connectivity index (χ4v) is 3.38. The number of fused-ring (bicyclic) bond motifs is 1. The smallest absolute Gasteiger partial charge is 0.278 e. The number of halogens is 1. The van der Waals surface area contributed by atoms with Crippen LogP contribution in [0.25, 0.3) is 23.0 Å². The predicted molar refractivity (Wildman–Crippen MR) is 105 cm³/mol. The number of benzene rings is 2. The van der Waals surface area contributed by atoms with Crippen LogP contribution < -0.4 is 0 Å². The Morgan fingerprint density at radius 3 is 2.64 bits per heavy atom. The highest BCUT2D eigenvalue weighted by Gasteiger charge is 2.24. The zero-order chi connectivity index (χ0) is 19.1. The molecule has 28 heavy (non-hydrogen) atoms. The lowest BCUT2D eigenvalue weighted by molar-refractivity contribution is -0.00113. The first-order valence-electron chi connectivity index (χ1n) is 9.00. The Bertz CT molecular complexity index is 1120. The number of hydrogen-bond donors (Lipinski definition) is 0. The van der Waals surface area contributed by atoms with Crippen molar-refractivity contribution >= 4 is 11.6 Å². The SMILES string of the molecule is Cc1ccc([C@H]2Cn3nc(-c4nc(-c5ccc(Cl)cc5)no4)cc3CO2)cc1. The molecule has 2 aromatic carbocycles. The third-order valence-electron chi connectivity index (χ3n) is 4.83. The zero-order valence-corrected chi connectivity index (χ0v) is 15.9. The molecular weight excluding hydrogens is 376 g/mol. The van der Waals surface area contributed by atoms with Gasteiger partial charge in [-0.15, -0.1) is 0 Å². The Balaban J connectivity index is 1.39. The molecule has 4 aromatic rings. The summed E-state index contributed by atoms with van der Waals surface area (Å²) in [4.78, 5) is 4.47. The van der Waals surface area contributed by atoms with Gasteiger partial charge in [-0.05, 0) is 42.8 Å². The van der Waals surface area contributed by atoms with Gasteiger partial charge in [0.05, 0.1) is 18.8 Å². The highest BCUT2D eigenvalue weighted by Crippen LogP contribution is 2.29. The van der Waals surface area contributed by atoms with E-state index in [1.165, 1.54) is 5.56 Å². The predicted octanol–water partition coefficient (Wildman–Crippen LogP) is 4.83. The topological polar surface area (TPSA) is 66.0 Å². The van der Waals surface area contributed by atoms with Gasteiger partial charge >= 0.3 is 0 Å². The maximum Gasteiger partial charge on any atom is 0.278 e. The highest BCUT2D eigenvalue weighted by atomic mass is 35.5. The summed E-state index contributed by atoms with van der Waals surface area (Å²) in [6.07, 6.45) is -0.0202. The quantitative estimate of drug-likeness (QED) is 0.499. The Hall–Kier alpha value is -2.96. The van der Waals surface area contributed by atoms with Gasteiger partial charge in [0, 0.05) is 10.6 Å². The molecule has 140 valence electrons. The fraction of sp³-hybridized carbons (Fsp3) is 0.190. The van der Waals surface area contributed by atoms with Crippen molar-refractivity contribution < 1.29 is 9.26 Å². The molecule has 0 saturated heterocycles. The summed E-state index contributed by atoms with van der Waals surface area (Å²) < 4.78 is 13.4. The summed E-state index contributed by atoms with van der Waals surface area (Å²) in [6.45, 7) is 3.21. The monoisotopic (exact) mass is 392 g/mol. The molecule has 1 aliphatic heterocycles. The van der Waals surface area contributed by atoms with E-state index in [0.29, 0.717) is 35.6 Å². The van der Waals surface area contributed by atoms with E-state index in [1.54, 1.807) is 12.1 Å². The molecule has 0 bridgehead atoms. The maximum atomic E-state index is 6.03. The Morgan fingerprint density at radius 1 is 1.07 bits per heavy atom. The summed E-state index contributed by atoms with van der Waals surface area (Å²) in [7, 11) is 0. The van der Waals surface area contributed by atoms with Crippen molar-refractivity contribution in [2.24, 2.45) is 0 Å². The normalized spacial score (nSPS) is 16.1. The van der Waals surface area contributed by atoms with Gasteiger partial charge in [-0.3, -0.25) is 4.68 Å². The maximum absolute atomic E-state index is 6.03. The molecule has 6 nitrogen and oxygen atoms in total. The van der Waals surface area contributed by atoms with Gasteiger partial charge in [0.25, 0.3) is 5.89 Å². The fourth-order valence-electron chi connectivity index (χ4n) is 3.26. The Morgan fingerprint density at radius 2 is 1.86 bits per heavy atom. The molecular formula is C21H17ClN4O2. The standard InChI is InChI=1S/C21H17ClN4O2/c1-13-2-4-14(5-3-13)19-11-26-17(12-27-19)10-18(24-26)21-23-20(25-28-21)15-6-8-16(22)9-7-15/h2-10,19H,11-12H2,1H3/t19-/m1/s1. The van der Waals surface area contributed by atoms with E-state index in [9.17, 15) is 0 Å². The van der Waals surface area contributed by atoms with Gasteiger partial charge in [0.15, 0.2) is 5.69 Å². The van der Waals surface area contributed by atoms with Crippen LogP contribution in [0.4, 0.5) is 0 Å². The van der Waals surface area contributed by atoms with Crippen LogP contribution in [-0.4, -0.2) is 19.9 Å². The number of ether oxygens (including phenoxy) is 1. The van der Waals surface area contributed by atoms with Gasteiger partial charge in [0.1, 0.15) is 6.10 Å². The first-order valence-corrected chi connectivity index (χ1v) is 9.38. The van der Waals surface area contributed by atoms with E-state index >= 15 is 0 Å². The first-order chi connectivity index (χ1) is 13.7. The van der Waals surface area contributed by atoms with Gasteiger partial charge in [-0.1, -0.05) is 46.6 Å². The largest absolute Gasteiger partial charge is 0.365 e. The van der Waals surface area contributed by atoms with Crippen molar-refractivity contribution in [3.05, 3.63) is 76.4 Å². The van der Waals surface area contributed by atoms with Crippen LogP contribution >= 0.6 is 11.6 Å². The van der Waals surface area contributed by atoms with Crippen molar-refractivity contribution in [3.8, 4) is 23.0 Å². The molecule has 0 spiro atoms. The third-order valence-corrected chi connectivity index (χ3v) is 5.08. The van der Waals surface area contributed by atoms with Crippen LogP contribution in [0.2, 0.25) is 5.02 Å². The minimum atomic E-state index is -0.0202.